The van der Waals surface area contributed by atoms with Crippen molar-refractivity contribution in [2.75, 3.05) is 32.8 Å². The largest absolute Gasteiger partial charge is 0.381 e. The van der Waals surface area contributed by atoms with E-state index in [4.69, 9.17) is 14.8 Å². The highest BCUT2D eigenvalue weighted by molar-refractivity contribution is 5.80. The van der Waals surface area contributed by atoms with Crippen molar-refractivity contribution >= 4 is 5.96 Å². The quantitative estimate of drug-likeness (QED) is 0.641. The molecule has 154 valence electrons. The van der Waals surface area contributed by atoms with Gasteiger partial charge in [0.05, 0.1) is 24.5 Å². The molecule has 2 saturated heterocycles. The first-order valence-electron chi connectivity index (χ1n) is 11.0. The zero-order valence-electron chi connectivity index (χ0n) is 17.4. The van der Waals surface area contributed by atoms with Gasteiger partial charge in [-0.15, -0.1) is 0 Å². The van der Waals surface area contributed by atoms with Crippen molar-refractivity contribution < 1.29 is 4.74 Å². The molecule has 5 rings (SSSR count). The van der Waals surface area contributed by atoms with Gasteiger partial charge in [-0.1, -0.05) is 18.2 Å². The minimum atomic E-state index is 0.340. The molecule has 2 fully saturated rings. The Bertz CT molecular complexity index is 882. The average molecular weight is 394 g/mol. The molecule has 6 nitrogen and oxygen atoms in total. The molecule has 1 unspecified atom stereocenters. The van der Waals surface area contributed by atoms with Gasteiger partial charge in [0.15, 0.2) is 5.96 Å². The van der Waals surface area contributed by atoms with E-state index in [0.29, 0.717) is 12.0 Å². The second-order valence-electron chi connectivity index (χ2n) is 8.62. The summed E-state index contributed by atoms with van der Waals surface area (Å²) in [4.78, 5) is 7.44. The summed E-state index contributed by atoms with van der Waals surface area (Å²) >= 11 is 0. The van der Waals surface area contributed by atoms with Gasteiger partial charge < -0.3 is 15.0 Å². The van der Waals surface area contributed by atoms with Crippen LogP contribution in [0.15, 0.2) is 35.3 Å². The summed E-state index contributed by atoms with van der Waals surface area (Å²) in [7, 11) is 0. The molecule has 1 atom stereocenters. The second-order valence-corrected chi connectivity index (χ2v) is 8.62. The van der Waals surface area contributed by atoms with Crippen molar-refractivity contribution in [3.05, 3.63) is 47.3 Å². The van der Waals surface area contributed by atoms with Crippen LogP contribution in [-0.4, -0.2) is 53.5 Å². The van der Waals surface area contributed by atoms with Gasteiger partial charge in [-0.05, 0) is 56.7 Å². The van der Waals surface area contributed by atoms with E-state index in [1.54, 1.807) is 0 Å². The molecule has 1 aromatic heterocycles. The third kappa shape index (κ3) is 3.54. The van der Waals surface area contributed by atoms with E-state index in [9.17, 15) is 0 Å². The first-order valence-corrected chi connectivity index (χ1v) is 11.0. The van der Waals surface area contributed by atoms with Crippen LogP contribution in [0.2, 0.25) is 0 Å². The van der Waals surface area contributed by atoms with Crippen LogP contribution in [0.5, 0.6) is 0 Å². The van der Waals surface area contributed by atoms with Gasteiger partial charge in [0.2, 0.25) is 0 Å². The van der Waals surface area contributed by atoms with Gasteiger partial charge >= 0.3 is 0 Å². The third-order valence-electron chi connectivity index (χ3n) is 6.65. The van der Waals surface area contributed by atoms with Crippen LogP contribution < -0.4 is 5.32 Å². The molecule has 3 heterocycles. The number of likely N-dealkylation sites (tertiary alicyclic amines) is 1. The number of fused-ring (bicyclic) bond motifs is 1. The highest BCUT2D eigenvalue weighted by atomic mass is 16.5. The first kappa shape index (κ1) is 18.7. The Morgan fingerprint density at radius 2 is 2.14 bits per heavy atom. The molecule has 3 aliphatic rings. The van der Waals surface area contributed by atoms with Crippen LogP contribution >= 0.6 is 0 Å². The summed E-state index contributed by atoms with van der Waals surface area (Å²) in [5, 5.41) is 8.48. The summed E-state index contributed by atoms with van der Waals surface area (Å²) in [6, 6.07) is 10.5. The molecule has 1 N–H and O–H groups in total. The van der Waals surface area contributed by atoms with E-state index in [1.165, 1.54) is 30.5 Å². The molecule has 1 spiro atoms. The molecule has 0 amide bonds. The number of ether oxygens (including phenoxy) is 1. The lowest BCUT2D eigenvalue weighted by atomic mass is 9.87. The summed E-state index contributed by atoms with van der Waals surface area (Å²) in [5.41, 5.74) is 5.40. The fraction of sp³-hybridized carbons (Fsp3) is 0.565. The van der Waals surface area contributed by atoms with Gasteiger partial charge in [0, 0.05) is 37.4 Å². The summed E-state index contributed by atoms with van der Waals surface area (Å²) in [6.45, 7) is 7.59. The van der Waals surface area contributed by atoms with Crippen molar-refractivity contribution in [1.29, 1.82) is 0 Å². The molecule has 0 radical (unpaired) electrons. The molecule has 2 aromatic rings. The molecule has 2 aliphatic heterocycles. The topological polar surface area (TPSA) is 54.7 Å². The second kappa shape index (κ2) is 7.82. The number of hydrogen-bond acceptors (Lipinski definition) is 3. The monoisotopic (exact) mass is 393 g/mol. The van der Waals surface area contributed by atoms with Crippen LogP contribution in [0.25, 0.3) is 5.69 Å². The Kier molecular flexibility index (Phi) is 5.04. The van der Waals surface area contributed by atoms with E-state index in [0.717, 1.165) is 63.0 Å². The lowest BCUT2D eigenvalue weighted by Crippen LogP contribution is -2.41. The Hall–Kier alpha value is -2.34. The highest BCUT2D eigenvalue weighted by Gasteiger charge is 2.42. The molecule has 0 saturated carbocycles. The number of aromatic nitrogens is 2. The predicted molar refractivity (Wildman–Crippen MR) is 114 cm³/mol. The van der Waals surface area contributed by atoms with Crippen molar-refractivity contribution in [2.24, 2.45) is 10.4 Å². The number of guanidine groups is 1. The molecular weight excluding hydrogens is 362 g/mol. The minimum Gasteiger partial charge on any atom is -0.381 e. The van der Waals surface area contributed by atoms with E-state index in [-0.39, 0.29) is 0 Å². The van der Waals surface area contributed by atoms with E-state index in [2.05, 4.69) is 52.2 Å². The lowest BCUT2D eigenvalue weighted by molar-refractivity contribution is 0.156. The first-order chi connectivity index (χ1) is 14.3. The summed E-state index contributed by atoms with van der Waals surface area (Å²) in [5.74, 6) is 1.03. The van der Waals surface area contributed by atoms with Crippen molar-refractivity contribution in [1.82, 2.24) is 20.0 Å². The minimum absolute atomic E-state index is 0.340. The number of benzene rings is 1. The number of para-hydroxylation sites is 1. The Morgan fingerprint density at radius 3 is 2.93 bits per heavy atom. The van der Waals surface area contributed by atoms with Crippen molar-refractivity contribution in [3.8, 4) is 5.69 Å². The smallest absolute Gasteiger partial charge is 0.194 e. The zero-order valence-corrected chi connectivity index (χ0v) is 17.4. The van der Waals surface area contributed by atoms with Gasteiger partial charge in [-0.3, -0.25) is 0 Å². The van der Waals surface area contributed by atoms with Gasteiger partial charge in [-0.2, -0.15) is 5.10 Å². The van der Waals surface area contributed by atoms with Crippen molar-refractivity contribution in [2.45, 2.75) is 45.6 Å². The maximum atomic E-state index is 5.70. The van der Waals surface area contributed by atoms with E-state index < -0.39 is 0 Å². The summed E-state index contributed by atoms with van der Waals surface area (Å²) < 4.78 is 7.83. The van der Waals surface area contributed by atoms with Gasteiger partial charge in [0.1, 0.15) is 0 Å². The van der Waals surface area contributed by atoms with E-state index in [1.807, 2.05) is 0 Å². The van der Waals surface area contributed by atoms with Crippen LogP contribution in [0.1, 0.15) is 43.1 Å². The molecule has 1 aliphatic carbocycles. The normalized spacial score (nSPS) is 23.9. The number of rotatable bonds is 4. The fourth-order valence-electron chi connectivity index (χ4n) is 5.09. The predicted octanol–water partition coefficient (Wildman–Crippen LogP) is 2.94. The third-order valence-corrected chi connectivity index (χ3v) is 6.65. The Morgan fingerprint density at radius 1 is 1.24 bits per heavy atom. The van der Waals surface area contributed by atoms with Crippen LogP contribution in [0.3, 0.4) is 0 Å². The average Bonchev–Trinajstić information content (AvgIpc) is 3.53. The van der Waals surface area contributed by atoms with E-state index >= 15 is 0 Å². The van der Waals surface area contributed by atoms with Crippen LogP contribution in [0, 0.1) is 5.41 Å². The molecular formula is C23H31N5O. The Labute approximate surface area is 173 Å². The van der Waals surface area contributed by atoms with Gasteiger partial charge in [-0.25, -0.2) is 9.67 Å². The van der Waals surface area contributed by atoms with Crippen molar-refractivity contribution in [3.63, 3.8) is 0 Å². The Balaban J connectivity index is 1.38. The maximum absolute atomic E-state index is 5.70. The van der Waals surface area contributed by atoms with Crippen LogP contribution in [0.4, 0.5) is 0 Å². The lowest BCUT2D eigenvalue weighted by Gasteiger charge is -2.24. The highest BCUT2D eigenvalue weighted by Crippen LogP contribution is 2.38. The molecule has 6 heteroatoms. The zero-order chi connectivity index (χ0) is 19.7. The maximum Gasteiger partial charge on any atom is 0.194 e. The molecule has 1 aromatic carbocycles. The summed E-state index contributed by atoms with van der Waals surface area (Å²) in [6.07, 6.45) is 5.82. The number of aliphatic imine (C=N–C) groups is 1. The fourth-order valence-corrected chi connectivity index (χ4v) is 5.09. The standard InChI is InChI=1S/C23H31N5O/c1-2-24-22(27-13-11-23(16-27)12-14-29-17-23)25-15-20-19-9-6-10-21(19)28(26-20)18-7-4-3-5-8-18/h3-5,7-8H,2,6,9-17H2,1H3,(H,24,25). The number of nitrogens with one attached hydrogen (secondary N) is 1. The molecule has 29 heavy (non-hydrogen) atoms. The number of nitrogens with zero attached hydrogens (tertiary/aromatic N) is 4. The van der Waals surface area contributed by atoms with Crippen LogP contribution in [-0.2, 0) is 24.1 Å². The molecule has 0 bridgehead atoms. The SMILES string of the molecule is CCNC(=NCc1nn(-c2ccccc2)c2c1CCC2)N1CCC2(CCOC2)C1. The number of hydrogen-bond donors (Lipinski definition) is 1. The van der Waals surface area contributed by atoms with Gasteiger partial charge in [0.25, 0.3) is 0 Å².